The first-order valence-electron chi connectivity index (χ1n) is 10.2. The van der Waals surface area contributed by atoms with Crippen LogP contribution in [0.3, 0.4) is 0 Å². The molecule has 28 heavy (non-hydrogen) atoms. The molecule has 2 aromatic rings. The highest BCUT2D eigenvalue weighted by molar-refractivity contribution is 6.02. The lowest BCUT2D eigenvalue weighted by Gasteiger charge is -2.56. The van der Waals surface area contributed by atoms with Crippen LogP contribution in [0.15, 0.2) is 24.3 Å². The Labute approximate surface area is 164 Å². The highest BCUT2D eigenvalue weighted by Gasteiger charge is 2.55. The molecule has 4 atom stereocenters. The number of hydrogen-bond donors (Lipinski definition) is 2. The van der Waals surface area contributed by atoms with E-state index in [-0.39, 0.29) is 29.6 Å². The van der Waals surface area contributed by atoms with Crippen molar-refractivity contribution < 1.29 is 9.59 Å². The molecule has 1 aromatic carbocycles. The third-order valence-electron chi connectivity index (χ3n) is 7.32. The molecule has 4 aliphatic rings. The van der Waals surface area contributed by atoms with E-state index in [2.05, 4.69) is 15.7 Å². The Morgan fingerprint density at radius 2 is 1.96 bits per heavy atom. The normalized spacial score (nSPS) is 30.7. The number of amides is 1. The van der Waals surface area contributed by atoms with Crippen LogP contribution < -0.4 is 10.6 Å². The number of benzene rings is 1. The Balaban J connectivity index is 1.44. The zero-order valence-electron chi connectivity index (χ0n) is 16.6. The number of nitrogens with one attached hydrogen (secondary N) is 2. The van der Waals surface area contributed by atoms with Crippen LogP contribution in [0.4, 0.5) is 5.69 Å². The Morgan fingerprint density at radius 3 is 2.64 bits per heavy atom. The largest absolute Gasteiger partial charge is 0.362 e. The van der Waals surface area contributed by atoms with Crippen LogP contribution in [0.1, 0.15) is 57.8 Å². The summed E-state index contributed by atoms with van der Waals surface area (Å²) in [5.74, 6) is 0.555. The van der Waals surface area contributed by atoms with E-state index in [0.29, 0.717) is 5.56 Å². The standard InChI is InChI=1S/C22H26N4O2/c1-12-13(2)25-26(14(12)3)21(28)18-10-16-9-8-15(18)11-22(16)23-19-7-5-4-6-17(19)20(27)24-22/h4-7,15-16,18,23H,8-11H2,1-3H3,(H,24,27)/t15-,16-,18+,22+/m1/s1. The summed E-state index contributed by atoms with van der Waals surface area (Å²) in [5.41, 5.74) is 4.11. The monoisotopic (exact) mass is 378 g/mol. The topological polar surface area (TPSA) is 76.0 Å². The number of aryl methyl sites for hydroxylation is 1. The summed E-state index contributed by atoms with van der Waals surface area (Å²) in [6.45, 7) is 5.94. The number of fused-ring (bicyclic) bond motifs is 3. The lowest BCUT2D eigenvalue weighted by atomic mass is 9.58. The van der Waals surface area contributed by atoms with Crippen LogP contribution in [-0.2, 0) is 0 Å². The predicted molar refractivity (Wildman–Crippen MR) is 106 cm³/mol. The van der Waals surface area contributed by atoms with Crippen molar-refractivity contribution in [2.45, 2.75) is 52.1 Å². The zero-order valence-corrected chi connectivity index (χ0v) is 16.6. The summed E-state index contributed by atoms with van der Waals surface area (Å²) in [6.07, 6.45) is 3.63. The van der Waals surface area contributed by atoms with Crippen molar-refractivity contribution >= 4 is 17.5 Å². The van der Waals surface area contributed by atoms with Crippen molar-refractivity contribution in [2.24, 2.45) is 17.8 Å². The van der Waals surface area contributed by atoms with Gasteiger partial charge in [-0.15, -0.1) is 0 Å². The number of anilines is 1. The van der Waals surface area contributed by atoms with Gasteiger partial charge in [-0.2, -0.15) is 5.10 Å². The number of nitrogens with zero attached hydrogens (tertiary/aromatic N) is 2. The predicted octanol–water partition coefficient (Wildman–Crippen LogP) is 3.44. The van der Waals surface area contributed by atoms with Gasteiger partial charge in [0.1, 0.15) is 5.66 Å². The molecular weight excluding hydrogens is 352 g/mol. The van der Waals surface area contributed by atoms with Gasteiger partial charge in [-0.25, -0.2) is 4.68 Å². The molecule has 2 bridgehead atoms. The highest BCUT2D eigenvalue weighted by atomic mass is 16.2. The van der Waals surface area contributed by atoms with E-state index >= 15 is 0 Å². The molecule has 3 fully saturated rings. The van der Waals surface area contributed by atoms with Gasteiger partial charge in [-0.05, 0) is 70.1 Å². The molecule has 6 nitrogen and oxygen atoms in total. The maximum absolute atomic E-state index is 13.3. The molecule has 6 rings (SSSR count). The van der Waals surface area contributed by atoms with Crippen LogP contribution in [0.2, 0.25) is 0 Å². The zero-order chi connectivity index (χ0) is 19.6. The van der Waals surface area contributed by atoms with Gasteiger partial charge < -0.3 is 10.6 Å². The van der Waals surface area contributed by atoms with Gasteiger partial charge in [0, 0.05) is 23.2 Å². The third kappa shape index (κ3) is 2.36. The Bertz CT molecular complexity index is 994. The van der Waals surface area contributed by atoms with Gasteiger partial charge in [0.2, 0.25) is 5.91 Å². The first-order chi connectivity index (χ1) is 13.4. The van der Waals surface area contributed by atoms with Crippen molar-refractivity contribution in [3.05, 3.63) is 46.8 Å². The molecule has 2 heterocycles. The van der Waals surface area contributed by atoms with Crippen molar-refractivity contribution in [1.29, 1.82) is 0 Å². The molecule has 1 spiro atoms. The molecule has 3 aliphatic carbocycles. The minimum atomic E-state index is -0.434. The maximum atomic E-state index is 13.3. The van der Waals surface area contributed by atoms with E-state index in [9.17, 15) is 9.59 Å². The Morgan fingerprint density at radius 1 is 1.18 bits per heavy atom. The molecular formula is C22H26N4O2. The molecule has 2 N–H and O–H groups in total. The van der Waals surface area contributed by atoms with Crippen molar-refractivity contribution in [3.63, 3.8) is 0 Å². The number of aromatic nitrogens is 2. The van der Waals surface area contributed by atoms with Crippen molar-refractivity contribution in [3.8, 4) is 0 Å². The fraction of sp³-hybridized carbons (Fsp3) is 0.500. The number of carbonyl (C=O) groups excluding carboxylic acids is 2. The molecule has 0 radical (unpaired) electrons. The summed E-state index contributed by atoms with van der Waals surface area (Å²) in [4.78, 5) is 26.0. The summed E-state index contributed by atoms with van der Waals surface area (Å²) in [7, 11) is 0. The molecule has 0 unspecified atom stereocenters. The fourth-order valence-corrected chi connectivity index (χ4v) is 5.54. The van der Waals surface area contributed by atoms with Crippen LogP contribution in [0, 0.1) is 38.5 Å². The van der Waals surface area contributed by atoms with E-state index in [0.717, 1.165) is 48.3 Å². The smallest absolute Gasteiger partial charge is 0.255 e. The molecule has 146 valence electrons. The number of hydrogen-bond acceptors (Lipinski definition) is 4. The van der Waals surface area contributed by atoms with Gasteiger partial charge >= 0.3 is 0 Å². The SMILES string of the molecule is Cc1nn(C(=O)[C@H]2C[C@H]3CC[C@@H]2C[C@]32NC(=O)c3ccccc3N2)c(C)c1C. The average molecular weight is 378 g/mol. The summed E-state index contributed by atoms with van der Waals surface area (Å²) >= 11 is 0. The van der Waals surface area contributed by atoms with Gasteiger partial charge in [0.15, 0.2) is 0 Å². The maximum Gasteiger partial charge on any atom is 0.255 e. The first kappa shape index (κ1) is 17.5. The van der Waals surface area contributed by atoms with Gasteiger partial charge in [0.05, 0.1) is 11.3 Å². The first-order valence-corrected chi connectivity index (χ1v) is 10.2. The quantitative estimate of drug-likeness (QED) is 0.797. The Hall–Kier alpha value is -2.63. The molecule has 1 aliphatic heterocycles. The minimum Gasteiger partial charge on any atom is -0.362 e. The molecule has 1 aromatic heterocycles. The van der Waals surface area contributed by atoms with Crippen molar-refractivity contribution in [1.82, 2.24) is 15.1 Å². The van der Waals surface area contributed by atoms with Crippen LogP contribution in [0.25, 0.3) is 0 Å². The molecule has 3 saturated carbocycles. The lowest BCUT2D eigenvalue weighted by Crippen LogP contribution is -2.67. The van der Waals surface area contributed by atoms with E-state index < -0.39 is 5.66 Å². The van der Waals surface area contributed by atoms with E-state index in [1.807, 2.05) is 45.0 Å². The van der Waals surface area contributed by atoms with Crippen LogP contribution in [-0.4, -0.2) is 27.3 Å². The van der Waals surface area contributed by atoms with Gasteiger partial charge in [-0.1, -0.05) is 12.1 Å². The lowest BCUT2D eigenvalue weighted by molar-refractivity contribution is 0.00907. The minimum absolute atomic E-state index is 0.0149. The van der Waals surface area contributed by atoms with Gasteiger partial charge in [-0.3, -0.25) is 9.59 Å². The average Bonchev–Trinajstić information content (AvgIpc) is 2.95. The molecule has 0 saturated heterocycles. The summed E-state index contributed by atoms with van der Waals surface area (Å²) in [5, 5.41) is 11.4. The second kappa shape index (κ2) is 5.93. The van der Waals surface area contributed by atoms with Crippen LogP contribution in [0.5, 0.6) is 0 Å². The number of carbonyl (C=O) groups is 2. The molecule has 1 amide bonds. The number of rotatable bonds is 1. The van der Waals surface area contributed by atoms with E-state index in [1.165, 1.54) is 0 Å². The summed E-state index contributed by atoms with van der Waals surface area (Å²) in [6, 6.07) is 7.66. The second-order valence-electron chi connectivity index (χ2n) is 8.72. The fourth-order valence-electron chi connectivity index (χ4n) is 5.54. The van der Waals surface area contributed by atoms with Crippen molar-refractivity contribution in [2.75, 3.05) is 5.32 Å². The van der Waals surface area contributed by atoms with E-state index in [1.54, 1.807) is 4.68 Å². The van der Waals surface area contributed by atoms with Gasteiger partial charge in [0.25, 0.3) is 5.91 Å². The Kier molecular flexibility index (Phi) is 3.70. The summed E-state index contributed by atoms with van der Waals surface area (Å²) < 4.78 is 1.62. The highest BCUT2D eigenvalue weighted by Crippen LogP contribution is 2.52. The number of para-hydroxylation sites is 1. The second-order valence-corrected chi connectivity index (χ2v) is 8.72. The van der Waals surface area contributed by atoms with E-state index in [4.69, 9.17) is 0 Å². The third-order valence-corrected chi connectivity index (χ3v) is 7.32. The van der Waals surface area contributed by atoms with Crippen LogP contribution >= 0.6 is 0 Å². The molecule has 6 heteroatoms.